The predicted molar refractivity (Wildman–Crippen MR) is 178 cm³/mol. The van der Waals surface area contributed by atoms with Crippen LogP contribution in [0.5, 0.6) is 5.75 Å². The molecular weight excluding hydrogens is 684 g/mol. The molecule has 1 aromatic rings. The first-order valence-electron chi connectivity index (χ1n) is 16.4. The summed E-state index contributed by atoms with van der Waals surface area (Å²) in [6, 6.07) is 5.42. The molecule has 2 fully saturated rings. The molecule has 0 radical (unpaired) electrons. The van der Waals surface area contributed by atoms with Crippen molar-refractivity contribution >= 4 is 78.1 Å². The SMILES string of the molecule is C[C@]12CC[C@@H]3c4ccc(OP(=O)(O)O)cc4C[C@@H](CCCCCCCCC[S+]([O-])CCCC(F)(F)C(F)(F)F)[C@H]3[C@@H]1CC[C@@H]2O.[NaH].[NaH]. The van der Waals surface area contributed by atoms with Gasteiger partial charge in [0.05, 0.1) is 6.10 Å². The van der Waals surface area contributed by atoms with Crippen molar-refractivity contribution in [2.24, 2.45) is 23.2 Å². The molecule has 0 heterocycles. The van der Waals surface area contributed by atoms with Gasteiger partial charge in [0, 0.05) is 6.42 Å². The fourth-order valence-corrected chi connectivity index (χ4v) is 10.1. The molecule has 1 aromatic carbocycles. The first-order valence-corrected chi connectivity index (χ1v) is 19.4. The number of phosphoric acid groups is 1. The van der Waals surface area contributed by atoms with Gasteiger partial charge in [-0.05, 0) is 110 Å². The Morgan fingerprint density at radius 2 is 1.57 bits per heavy atom. The first kappa shape index (κ1) is 44.3. The molecule has 3 aliphatic carbocycles. The van der Waals surface area contributed by atoms with E-state index in [-0.39, 0.29) is 82.1 Å². The number of phosphoric ester groups is 1. The molecule has 0 aliphatic heterocycles. The van der Waals surface area contributed by atoms with Crippen LogP contribution in [0.15, 0.2) is 18.2 Å². The Bertz CT molecular complexity index is 1180. The molecule has 3 aliphatic rings. The van der Waals surface area contributed by atoms with Crippen molar-refractivity contribution in [1.29, 1.82) is 0 Å². The fraction of sp³-hybridized carbons (Fsp3) is 0.812. The molecule has 0 spiro atoms. The normalized spacial score (nSPS) is 27.9. The van der Waals surface area contributed by atoms with Gasteiger partial charge in [0.25, 0.3) is 0 Å². The van der Waals surface area contributed by atoms with Gasteiger partial charge in [-0.3, -0.25) is 9.79 Å². The summed E-state index contributed by atoms with van der Waals surface area (Å²) < 4.78 is 91.0. The number of hydrogen-bond acceptors (Lipinski definition) is 4. The zero-order valence-corrected chi connectivity index (χ0v) is 27.7. The van der Waals surface area contributed by atoms with Crippen molar-refractivity contribution in [2.75, 3.05) is 11.5 Å². The van der Waals surface area contributed by atoms with E-state index in [9.17, 15) is 46.0 Å². The summed E-state index contributed by atoms with van der Waals surface area (Å²) in [5, 5.41) is 10.9. The van der Waals surface area contributed by atoms with Crippen molar-refractivity contribution in [2.45, 2.75) is 127 Å². The van der Waals surface area contributed by atoms with Gasteiger partial charge < -0.3 is 14.2 Å². The van der Waals surface area contributed by atoms with Gasteiger partial charge in [-0.15, -0.1) is 0 Å². The molecule has 3 N–H and O–H groups in total. The average molecular weight is 735 g/mol. The summed E-state index contributed by atoms with van der Waals surface area (Å²) in [6.07, 6.45) is 4.72. The van der Waals surface area contributed by atoms with Crippen LogP contribution in [0.1, 0.15) is 114 Å². The Labute approximate surface area is 323 Å². The molecule has 6 nitrogen and oxygen atoms in total. The second kappa shape index (κ2) is 18.7. The topological polar surface area (TPSA) is 110 Å². The first-order chi connectivity index (χ1) is 21.0. The number of alkyl halides is 5. The van der Waals surface area contributed by atoms with E-state index in [1.807, 2.05) is 6.07 Å². The Balaban J connectivity index is 0.00000384. The van der Waals surface area contributed by atoms with Crippen LogP contribution >= 0.6 is 7.82 Å². The molecular formula is C32H50F5Na2O6PS. The summed E-state index contributed by atoms with van der Waals surface area (Å²) in [4.78, 5) is 18.6. The zero-order valence-electron chi connectivity index (χ0n) is 26.0. The minimum atomic E-state index is -5.56. The zero-order chi connectivity index (χ0) is 33.0. The van der Waals surface area contributed by atoms with Gasteiger partial charge in [0.15, 0.2) is 0 Å². The Morgan fingerprint density at radius 1 is 0.957 bits per heavy atom. The third-order valence-electron chi connectivity index (χ3n) is 10.8. The van der Waals surface area contributed by atoms with Gasteiger partial charge in [0.2, 0.25) is 0 Å². The molecule has 0 saturated heterocycles. The summed E-state index contributed by atoms with van der Waals surface area (Å²) >= 11 is -1.39. The molecule has 0 aromatic heterocycles. The minimum absolute atomic E-state index is 0. The second-order valence-corrected chi connectivity index (χ2v) is 16.6. The third-order valence-corrected chi connectivity index (χ3v) is 12.7. The number of hydrogen-bond donors (Lipinski definition) is 3. The Hall–Kier alpha value is 1.09. The van der Waals surface area contributed by atoms with Gasteiger partial charge in [0.1, 0.15) is 17.3 Å². The van der Waals surface area contributed by atoms with Crippen LogP contribution in [0.3, 0.4) is 0 Å². The van der Waals surface area contributed by atoms with E-state index in [1.165, 1.54) is 5.56 Å². The standard InChI is InChI=1S/C32H48F5O6PS.2Na.2H/c1-30-17-15-26-25-12-11-24(43-44(39,40)41)21-23(25)20-22(29(26)27(30)13-14-28(30)38)10-7-5-3-2-4-6-8-18-45(42)19-9-16-31(33,34)32(35,36)37;;;;/h11-12,21-22,26-29,38H,2-10,13-20H2,1H3,(H2,39,40,41);;;;/t22-,26-,27+,28+,29-,30+,45?;;;;/m1..../s1. The quantitative estimate of drug-likeness (QED) is 0.0548. The number of aliphatic hydroxyl groups is 1. The molecule has 4 rings (SSSR count). The number of halogens is 5. The Morgan fingerprint density at radius 3 is 2.21 bits per heavy atom. The van der Waals surface area contributed by atoms with Gasteiger partial charge >= 0.3 is 79.0 Å². The van der Waals surface area contributed by atoms with Crippen molar-refractivity contribution in [1.82, 2.24) is 0 Å². The van der Waals surface area contributed by atoms with Gasteiger partial charge in [-0.2, -0.15) is 22.0 Å². The summed E-state index contributed by atoms with van der Waals surface area (Å²) in [5.41, 5.74) is 2.27. The monoisotopic (exact) mass is 734 g/mol. The summed E-state index contributed by atoms with van der Waals surface area (Å²) in [6.45, 7) is 2.25. The van der Waals surface area contributed by atoms with E-state index in [1.54, 1.807) is 12.1 Å². The number of benzene rings is 1. The second-order valence-electron chi connectivity index (χ2n) is 13.8. The van der Waals surface area contributed by atoms with E-state index in [2.05, 4.69) is 6.92 Å². The maximum absolute atomic E-state index is 13.0. The van der Waals surface area contributed by atoms with Crippen molar-refractivity contribution in [3.63, 3.8) is 0 Å². The van der Waals surface area contributed by atoms with Crippen molar-refractivity contribution < 1.29 is 50.5 Å². The number of aliphatic hydroxyl groups excluding tert-OH is 1. The van der Waals surface area contributed by atoms with Gasteiger partial charge in [-0.1, -0.05) is 56.3 Å². The molecule has 47 heavy (non-hydrogen) atoms. The van der Waals surface area contributed by atoms with Crippen LogP contribution in [-0.4, -0.2) is 108 Å². The predicted octanol–water partition coefficient (Wildman–Crippen LogP) is 7.15. The molecule has 7 atom stereocenters. The van der Waals surface area contributed by atoms with E-state index in [0.29, 0.717) is 35.8 Å². The van der Waals surface area contributed by atoms with E-state index < -0.39 is 43.9 Å². The molecule has 0 amide bonds. The summed E-state index contributed by atoms with van der Waals surface area (Å²) in [5.74, 6) is -2.70. The molecule has 262 valence electrons. The van der Waals surface area contributed by atoms with Crippen LogP contribution < -0.4 is 4.52 Å². The van der Waals surface area contributed by atoms with Crippen LogP contribution in [0.25, 0.3) is 0 Å². The number of rotatable bonds is 16. The van der Waals surface area contributed by atoms with E-state index in [0.717, 1.165) is 82.6 Å². The van der Waals surface area contributed by atoms with E-state index in [4.69, 9.17) is 4.52 Å². The van der Waals surface area contributed by atoms with Gasteiger partial charge in [-0.25, -0.2) is 4.57 Å². The third kappa shape index (κ3) is 11.8. The average Bonchev–Trinajstić information content (AvgIpc) is 3.24. The van der Waals surface area contributed by atoms with Crippen molar-refractivity contribution in [3.8, 4) is 5.75 Å². The van der Waals surface area contributed by atoms with Crippen molar-refractivity contribution in [3.05, 3.63) is 29.3 Å². The molecule has 2 saturated carbocycles. The molecule has 15 heteroatoms. The fourth-order valence-electron chi connectivity index (χ4n) is 8.47. The van der Waals surface area contributed by atoms with Crippen LogP contribution in [-0.2, 0) is 22.2 Å². The maximum atomic E-state index is 13.0. The summed E-state index contributed by atoms with van der Waals surface area (Å²) in [7, 11) is -4.66. The van der Waals surface area contributed by atoms with Crippen LogP contribution in [0.2, 0.25) is 0 Å². The molecule has 0 bridgehead atoms. The number of unbranched alkanes of at least 4 members (excludes halogenated alkanes) is 6. The Kier molecular flexibility index (Phi) is 17.6. The number of fused-ring (bicyclic) bond motifs is 5. The van der Waals surface area contributed by atoms with Crippen LogP contribution in [0, 0.1) is 23.2 Å². The van der Waals surface area contributed by atoms with Crippen LogP contribution in [0.4, 0.5) is 22.0 Å². The molecule has 1 unspecified atom stereocenters. The van der Waals surface area contributed by atoms with E-state index >= 15 is 0 Å².